The van der Waals surface area contributed by atoms with E-state index in [1.807, 2.05) is 0 Å². The third kappa shape index (κ3) is 3.33. The van der Waals surface area contributed by atoms with Gasteiger partial charge in [0.1, 0.15) is 0 Å². The zero-order valence-corrected chi connectivity index (χ0v) is 11.9. The Morgan fingerprint density at radius 3 is 2.50 bits per heavy atom. The van der Waals surface area contributed by atoms with E-state index in [2.05, 4.69) is 33.7 Å². The summed E-state index contributed by atoms with van der Waals surface area (Å²) in [6, 6.07) is 0.541. The lowest BCUT2D eigenvalue weighted by Gasteiger charge is -2.36. The molecule has 0 aromatic carbocycles. The lowest BCUT2D eigenvalue weighted by atomic mass is 10.0. The highest BCUT2D eigenvalue weighted by Gasteiger charge is 2.23. The molecule has 0 spiro atoms. The topological polar surface area (TPSA) is 32.3 Å². The lowest BCUT2D eigenvalue weighted by Crippen LogP contribution is -2.44. The van der Waals surface area contributed by atoms with Crippen molar-refractivity contribution in [3.05, 3.63) is 17.4 Å². The molecule has 5 heteroatoms. The number of hydrogen-bond donors (Lipinski definition) is 0. The van der Waals surface area contributed by atoms with E-state index in [0.717, 1.165) is 5.95 Å². The smallest absolute Gasteiger partial charge is 0.225 e. The number of piperidine rings is 1. The van der Waals surface area contributed by atoms with Gasteiger partial charge in [0.15, 0.2) is 0 Å². The Hall–Kier alpha value is -0.870. The number of likely N-dealkylation sites (tertiary alicyclic amines) is 1. The fraction of sp³-hybridized carbons (Fsp3) is 0.692. The molecule has 4 nitrogen and oxygen atoms in total. The maximum atomic E-state index is 5.81. The van der Waals surface area contributed by atoms with Gasteiger partial charge in [-0.3, -0.25) is 0 Å². The summed E-state index contributed by atoms with van der Waals surface area (Å²) in [7, 11) is 2.07. The van der Waals surface area contributed by atoms with Crippen molar-refractivity contribution in [3.63, 3.8) is 0 Å². The first-order valence-corrected chi connectivity index (χ1v) is 7.01. The summed E-state index contributed by atoms with van der Waals surface area (Å²) in [6.07, 6.45) is 6.92. The summed E-state index contributed by atoms with van der Waals surface area (Å²) < 4.78 is 0. The van der Waals surface area contributed by atoms with Crippen LogP contribution in [-0.2, 0) is 0 Å². The Morgan fingerprint density at radius 1 is 1.33 bits per heavy atom. The summed E-state index contributed by atoms with van der Waals surface area (Å²) in [5.74, 6) is 0.772. The van der Waals surface area contributed by atoms with Crippen molar-refractivity contribution in [2.45, 2.75) is 32.2 Å². The maximum Gasteiger partial charge on any atom is 0.225 e. The number of rotatable bonds is 4. The van der Waals surface area contributed by atoms with Crippen molar-refractivity contribution >= 4 is 17.5 Å². The molecule has 0 unspecified atom stereocenters. The summed E-state index contributed by atoms with van der Waals surface area (Å²) in [5.41, 5.74) is 0. The van der Waals surface area contributed by atoms with E-state index in [1.165, 1.54) is 38.9 Å². The predicted molar refractivity (Wildman–Crippen MR) is 75.2 cm³/mol. The Kier molecular flexibility index (Phi) is 4.78. The SMILES string of the molecule is CCCN1CCC(N(C)c2ncc(Cl)cn2)CC1. The second-order valence-electron chi connectivity index (χ2n) is 4.89. The maximum absolute atomic E-state index is 5.81. The first-order chi connectivity index (χ1) is 8.70. The molecule has 0 N–H and O–H groups in total. The van der Waals surface area contributed by atoms with Crippen LogP contribution >= 0.6 is 11.6 Å². The number of halogens is 1. The number of anilines is 1. The average molecular weight is 269 g/mol. The van der Waals surface area contributed by atoms with Crippen molar-refractivity contribution < 1.29 is 0 Å². The van der Waals surface area contributed by atoms with E-state index in [-0.39, 0.29) is 0 Å². The van der Waals surface area contributed by atoms with Gasteiger partial charge in [-0.15, -0.1) is 0 Å². The van der Waals surface area contributed by atoms with Crippen LogP contribution in [0, 0.1) is 0 Å². The molecule has 18 heavy (non-hydrogen) atoms. The molecule has 0 saturated carbocycles. The van der Waals surface area contributed by atoms with E-state index in [0.29, 0.717) is 11.1 Å². The molecular weight excluding hydrogens is 248 g/mol. The van der Waals surface area contributed by atoms with Gasteiger partial charge >= 0.3 is 0 Å². The van der Waals surface area contributed by atoms with Gasteiger partial charge in [0.25, 0.3) is 0 Å². The molecule has 1 saturated heterocycles. The molecule has 0 aliphatic carbocycles. The molecule has 1 aromatic heterocycles. The summed E-state index contributed by atoms with van der Waals surface area (Å²) in [4.78, 5) is 13.3. The first-order valence-electron chi connectivity index (χ1n) is 6.63. The largest absolute Gasteiger partial charge is 0.341 e. The minimum Gasteiger partial charge on any atom is -0.341 e. The highest BCUT2D eigenvalue weighted by atomic mass is 35.5. The fourth-order valence-electron chi connectivity index (χ4n) is 2.50. The summed E-state index contributed by atoms with van der Waals surface area (Å²) >= 11 is 5.81. The van der Waals surface area contributed by atoms with Gasteiger partial charge in [-0.1, -0.05) is 18.5 Å². The molecule has 0 amide bonds. The van der Waals surface area contributed by atoms with Crippen molar-refractivity contribution in [1.29, 1.82) is 0 Å². The molecule has 1 aromatic rings. The van der Waals surface area contributed by atoms with Gasteiger partial charge in [-0.25, -0.2) is 9.97 Å². The van der Waals surface area contributed by atoms with Crippen molar-refractivity contribution in [2.75, 3.05) is 31.6 Å². The minimum atomic E-state index is 0.541. The molecule has 0 radical (unpaired) electrons. The Bertz CT molecular complexity index is 360. The summed E-state index contributed by atoms with van der Waals surface area (Å²) in [5, 5.41) is 0.588. The van der Waals surface area contributed by atoms with Crippen LogP contribution in [0.2, 0.25) is 5.02 Å². The zero-order chi connectivity index (χ0) is 13.0. The van der Waals surface area contributed by atoms with Crippen LogP contribution in [0.5, 0.6) is 0 Å². The Labute approximate surface area is 114 Å². The quantitative estimate of drug-likeness (QED) is 0.840. The van der Waals surface area contributed by atoms with E-state index in [1.54, 1.807) is 12.4 Å². The van der Waals surface area contributed by atoms with Gasteiger partial charge in [0.2, 0.25) is 5.95 Å². The van der Waals surface area contributed by atoms with E-state index >= 15 is 0 Å². The van der Waals surface area contributed by atoms with Crippen LogP contribution in [0.1, 0.15) is 26.2 Å². The first kappa shape index (κ1) is 13.6. The third-order valence-corrected chi connectivity index (χ3v) is 3.76. The fourth-order valence-corrected chi connectivity index (χ4v) is 2.59. The standard InChI is InChI=1S/C13H21ClN4/c1-3-6-18-7-4-12(5-8-18)17(2)13-15-9-11(14)10-16-13/h9-10,12H,3-8H2,1-2H3. The monoisotopic (exact) mass is 268 g/mol. The normalized spacial score (nSPS) is 17.9. The molecule has 0 atom stereocenters. The second-order valence-corrected chi connectivity index (χ2v) is 5.32. The van der Waals surface area contributed by atoms with Crippen LogP contribution in [0.3, 0.4) is 0 Å². The van der Waals surface area contributed by atoms with Gasteiger partial charge in [0.05, 0.1) is 17.4 Å². The molecule has 2 rings (SSSR count). The summed E-state index contributed by atoms with van der Waals surface area (Å²) in [6.45, 7) is 5.81. The van der Waals surface area contributed by atoms with Crippen molar-refractivity contribution in [1.82, 2.24) is 14.9 Å². The van der Waals surface area contributed by atoms with Gasteiger partial charge in [-0.05, 0) is 25.8 Å². The Morgan fingerprint density at radius 2 is 1.94 bits per heavy atom. The highest BCUT2D eigenvalue weighted by molar-refractivity contribution is 6.30. The second kappa shape index (κ2) is 6.34. The van der Waals surface area contributed by atoms with Gasteiger partial charge in [0, 0.05) is 26.2 Å². The van der Waals surface area contributed by atoms with E-state index < -0.39 is 0 Å². The van der Waals surface area contributed by atoms with Crippen LogP contribution in [0.4, 0.5) is 5.95 Å². The number of aromatic nitrogens is 2. The van der Waals surface area contributed by atoms with Crippen molar-refractivity contribution in [3.8, 4) is 0 Å². The van der Waals surface area contributed by atoms with Crippen LogP contribution in [-0.4, -0.2) is 47.6 Å². The highest BCUT2D eigenvalue weighted by Crippen LogP contribution is 2.19. The lowest BCUT2D eigenvalue weighted by molar-refractivity contribution is 0.211. The van der Waals surface area contributed by atoms with Crippen LogP contribution in [0.15, 0.2) is 12.4 Å². The molecule has 0 bridgehead atoms. The van der Waals surface area contributed by atoms with E-state index in [9.17, 15) is 0 Å². The number of hydrogen-bond acceptors (Lipinski definition) is 4. The van der Waals surface area contributed by atoms with Gasteiger partial charge in [-0.2, -0.15) is 0 Å². The van der Waals surface area contributed by atoms with Crippen LogP contribution in [0.25, 0.3) is 0 Å². The molecule has 2 heterocycles. The number of nitrogens with zero attached hydrogens (tertiary/aromatic N) is 4. The molecule has 100 valence electrons. The predicted octanol–water partition coefficient (Wildman–Crippen LogP) is 2.44. The molecule has 1 aliphatic rings. The third-order valence-electron chi connectivity index (χ3n) is 3.57. The molecule has 1 fully saturated rings. The molecular formula is C13H21ClN4. The molecule has 1 aliphatic heterocycles. The Balaban J connectivity index is 1.91. The van der Waals surface area contributed by atoms with E-state index in [4.69, 9.17) is 11.6 Å². The van der Waals surface area contributed by atoms with Gasteiger partial charge < -0.3 is 9.80 Å². The average Bonchev–Trinajstić information content (AvgIpc) is 2.40. The minimum absolute atomic E-state index is 0.541. The van der Waals surface area contributed by atoms with Crippen LogP contribution < -0.4 is 4.90 Å². The van der Waals surface area contributed by atoms with Crippen molar-refractivity contribution in [2.24, 2.45) is 0 Å². The zero-order valence-electron chi connectivity index (χ0n) is 11.1.